The summed E-state index contributed by atoms with van der Waals surface area (Å²) in [5.74, 6) is 1.21. The van der Waals surface area contributed by atoms with Gasteiger partial charge in [-0.05, 0) is 18.2 Å². The maximum atomic E-state index is 13.0. The van der Waals surface area contributed by atoms with Crippen LogP contribution in [0.2, 0.25) is 0 Å². The van der Waals surface area contributed by atoms with Crippen molar-refractivity contribution in [1.82, 2.24) is 9.29 Å². The number of benzene rings is 2. The summed E-state index contributed by atoms with van der Waals surface area (Å²) in [4.78, 5) is 0.246. The third kappa shape index (κ3) is 2.56. The molecule has 2 aromatic carbocycles. The van der Waals surface area contributed by atoms with Crippen LogP contribution in [0.4, 0.5) is 0 Å². The SMILES string of the molecule is COc1cc2c(ccn2S(=O)(=O)c2ccccc2)c2c1OCCNC2. The Morgan fingerprint density at radius 1 is 1.20 bits per heavy atom. The summed E-state index contributed by atoms with van der Waals surface area (Å²) < 4.78 is 38.6. The molecular weight excluding hydrogens is 340 g/mol. The molecule has 0 unspecified atom stereocenters. The summed E-state index contributed by atoms with van der Waals surface area (Å²) in [6.45, 7) is 1.86. The topological polar surface area (TPSA) is 69.6 Å². The largest absolute Gasteiger partial charge is 0.493 e. The van der Waals surface area contributed by atoms with Crippen LogP contribution in [0.15, 0.2) is 53.6 Å². The Balaban J connectivity index is 1.98. The number of methoxy groups -OCH3 is 1. The van der Waals surface area contributed by atoms with Crippen molar-refractivity contribution in [2.75, 3.05) is 20.3 Å². The van der Waals surface area contributed by atoms with Crippen molar-refractivity contribution in [2.24, 2.45) is 0 Å². The van der Waals surface area contributed by atoms with Crippen molar-refractivity contribution in [3.05, 3.63) is 54.2 Å². The van der Waals surface area contributed by atoms with Crippen LogP contribution < -0.4 is 14.8 Å². The van der Waals surface area contributed by atoms with Gasteiger partial charge in [-0.1, -0.05) is 18.2 Å². The minimum atomic E-state index is -3.68. The van der Waals surface area contributed by atoms with E-state index in [9.17, 15) is 8.42 Å². The van der Waals surface area contributed by atoms with Crippen molar-refractivity contribution >= 4 is 20.9 Å². The Morgan fingerprint density at radius 3 is 2.76 bits per heavy atom. The molecule has 0 saturated heterocycles. The maximum absolute atomic E-state index is 13.0. The van der Waals surface area contributed by atoms with Gasteiger partial charge in [-0.3, -0.25) is 0 Å². The number of fused-ring (bicyclic) bond motifs is 3. The van der Waals surface area contributed by atoms with Crippen molar-refractivity contribution in [1.29, 1.82) is 0 Å². The molecule has 2 heterocycles. The minimum absolute atomic E-state index is 0.246. The molecule has 0 saturated carbocycles. The standard InChI is InChI=1S/C18H18N2O4S/c1-23-17-11-16-14(15-12-19-8-10-24-18(15)17)7-9-20(16)25(21,22)13-5-3-2-4-6-13/h2-7,9,11,19H,8,10,12H2,1H3. The van der Waals surface area contributed by atoms with E-state index < -0.39 is 10.0 Å². The molecule has 4 rings (SSSR count). The lowest BCUT2D eigenvalue weighted by atomic mass is 10.1. The average Bonchev–Trinajstić information content (AvgIpc) is 2.92. The lowest BCUT2D eigenvalue weighted by Gasteiger charge is -2.14. The zero-order valence-corrected chi connectivity index (χ0v) is 14.5. The van der Waals surface area contributed by atoms with E-state index in [0.29, 0.717) is 30.2 Å². The van der Waals surface area contributed by atoms with Crippen molar-refractivity contribution in [3.63, 3.8) is 0 Å². The highest BCUT2D eigenvalue weighted by molar-refractivity contribution is 7.90. The molecular formula is C18H18N2O4S. The third-order valence-electron chi connectivity index (χ3n) is 4.33. The molecule has 0 amide bonds. The first-order chi connectivity index (χ1) is 12.1. The van der Waals surface area contributed by atoms with Gasteiger partial charge >= 0.3 is 0 Å². The number of ether oxygens (including phenoxy) is 2. The Bertz CT molecular complexity index is 1030. The fourth-order valence-corrected chi connectivity index (χ4v) is 4.48. The molecule has 25 heavy (non-hydrogen) atoms. The predicted octanol–water partition coefficient (Wildman–Crippen LogP) is 2.37. The summed E-state index contributed by atoms with van der Waals surface area (Å²) in [6, 6.07) is 11.9. The summed E-state index contributed by atoms with van der Waals surface area (Å²) >= 11 is 0. The highest BCUT2D eigenvalue weighted by Gasteiger charge is 2.24. The van der Waals surface area contributed by atoms with Crippen LogP contribution in [-0.4, -0.2) is 32.7 Å². The van der Waals surface area contributed by atoms with E-state index in [1.54, 1.807) is 49.7 Å². The second-order valence-corrected chi connectivity index (χ2v) is 7.59. The third-order valence-corrected chi connectivity index (χ3v) is 6.03. The van der Waals surface area contributed by atoms with Crippen LogP contribution >= 0.6 is 0 Å². The molecule has 0 fully saturated rings. The van der Waals surface area contributed by atoms with Gasteiger partial charge in [-0.15, -0.1) is 0 Å². The zero-order valence-electron chi connectivity index (χ0n) is 13.7. The lowest BCUT2D eigenvalue weighted by Crippen LogP contribution is -2.16. The molecule has 0 atom stereocenters. The quantitative estimate of drug-likeness (QED) is 0.778. The highest BCUT2D eigenvalue weighted by Crippen LogP contribution is 2.39. The fraction of sp³-hybridized carbons (Fsp3) is 0.222. The van der Waals surface area contributed by atoms with E-state index in [2.05, 4.69) is 5.32 Å². The Kier molecular flexibility index (Phi) is 3.89. The summed E-state index contributed by atoms with van der Waals surface area (Å²) in [7, 11) is -2.13. The molecule has 1 aliphatic rings. The number of nitrogens with one attached hydrogen (secondary N) is 1. The summed E-state index contributed by atoms with van der Waals surface area (Å²) in [5, 5.41) is 4.13. The van der Waals surface area contributed by atoms with Gasteiger partial charge in [-0.2, -0.15) is 0 Å². The molecule has 0 bridgehead atoms. The Hall–Kier alpha value is -2.51. The molecule has 1 aromatic heterocycles. The van der Waals surface area contributed by atoms with Gasteiger partial charge in [0, 0.05) is 36.3 Å². The Labute approximate surface area is 146 Å². The minimum Gasteiger partial charge on any atom is -0.493 e. The monoisotopic (exact) mass is 358 g/mol. The van der Waals surface area contributed by atoms with Crippen LogP contribution in [0.1, 0.15) is 5.56 Å². The maximum Gasteiger partial charge on any atom is 0.268 e. The lowest BCUT2D eigenvalue weighted by molar-refractivity contribution is 0.302. The molecule has 7 heteroatoms. The zero-order chi connectivity index (χ0) is 17.4. The molecule has 0 radical (unpaired) electrons. The number of hydrogen-bond acceptors (Lipinski definition) is 5. The normalized spacial score (nSPS) is 14.6. The number of hydrogen-bond donors (Lipinski definition) is 1. The molecule has 6 nitrogen and oxygen atoms in total. The predicted molar refractivity (Wildman–Crippen MR) is 94.7 cm³/mol. The van der Waals surface area contributed by atoms with Gasteiger partial charge < -0.3 is 14.8 Å². The molecule has 0 spiro atoms. The average molecular weight is 358 g/mol. The van der Waals surface area contributed by atoms with Gasteiger partial charge in [0.2, 0.25) is 0 Å². The van der Waals surface area contributed by atoms with E-state index in [-0.39, 0.29) is 4.90 Å². The van der Waals surface area contributed by atoms with Crippen molar-refractivity contribution < 1.29 is 17.9 Å². The second-order valence-electron chi connectivity index (χ2n) is 5.77. The molecule has 3 aromatic rings. The van der Waals surface area contributed by atoms with Crippen LogP contribution in [-0.2, 0) is 16.6 Å². The first-order valence-electron chi connectivity index (χ1n) is 7.98. The van der Waals surface area contributed by atoms with E-state index in [0.717, 1.165) is 17.5 Å². The number of rotatable bonds is 3. The number of aromatic nitrogens is 1. The van der Waals surface area contributed by atoms with Gasteiger partial charge in [0.05, 0.1) is 17.5 Å². The second kappa shape index (κ2) is 6.09. The highest BCUT2D eigenvalue weighted by atomic mass is 32.2. The molecule has 1 N–H and O–H groups in total. The first-order valence-corrected chi connectivity index (χ1v) is 9.42. The smallest absolute Gasteiger partial charge is 0.268 e. The van der Waals surface area contributed by atoms with Gasteiger partial charge in [-0.25, -0.2) is 12.4 Å². The first kappa shape index (κ1) is 16.0. The van der Waals surface area contributed by atoms with Crippen LogP contribution in [0.25, 0.3) is 10.9 Å². The Morgan fingerprint density at radius 2 is 2.00 bits per heavy atom. The van der Waals surface area contributed by atoms with Gasteiger partial charge in [0.15, 0.2) is 11.5 Å². The summed E-state index contributed by atoms with van der Waals surface area (Å²) in [5.41, 5.74) is 1.49. The number of nitrogens with zero attached hydrogens (tertiary/aromatic N) is 1. The van der Waals surface area contributed by atoms with Crippen LogP contribution in [0, 0.1) is 0 Å². The summed E-state index contributed by atoms with van der Waals surface area (Å²) in [6.07, 6.45) is 1.58. The van der Waals surface area contributed by atoms with E-state index in [1.165, 1.54) is 3.97 Å². The van der Waals surface area contributed by atoms with E-state index in [4.69, 9.17) is 9.47 Å². The van der Waals surface area contributed by atoms with Crippen LogP contribution in [0.3, 0.4) is 0 Å². The van der Waals surface area contributed by atoms with Crippen molar-refractivity contribution in [2.45, 2.75) is 11.4 Å². The van der Waals surface area contributed by atoms with Crippen molar-refractivity contribution in [3.8, 4) is 11.5 Å². The van der Waals surface area contributed by atoms with E-state index in [1.807, 2.05) is 6.07 Å². The molecule has 130 valence electrons. The van der Waals surface area contributed by atoms with E-state index >= 15 is 0 Å². The molecule has 0 aliphatic carbocycles. The van der Waals surface area contributed by atoms with Gasteiger partial charge in [0.25, 0.3) is 10.0 Å². The fourth-order valence-electron chi connectivity index (χ4n) is 3.12. The van der Waals surface area contributed by atoms with Crippen LogP contribution in [0.5, 0.6) is 11.5 Å². The molecule has 1 aliphatic heterocycles. The van der Waals surface area contributed by atoms with Gasteiger partial charge in [0.1, 0.15) is 6.61 Å².